The predicted octanol–water partition coefficient (Wildman–Crippen LogP) is 4.92. The van der Waals surface area contributed by atoms with Crippen LogP contribution in [0.1, 0.15) is 0 Å². The van der Waals surface area contributed by atoms with Gasteiger partial charge in [-0.15, -0.1) is 0 Å². The minimum atomic E-state index is 0.513. The van der Waals surface area contributed by atoms with Gasteiger partial charge in [-0.25, -0.2) is 19.9 Å². The molecule has 0 amide bonds. The molecule has 0 aliphatic heterocycles. The maximum absolute atomic E-state index is 5.30. The zero-order valence-electron chi connectivity index (χ0n) is 15.2. The second-order valence-corrected chi connectivity index (χ2v) is 6.38. The molecule has 0 bridgehead atoms. The average Bonchev–Trinajstić information content (AvgIpc) is 2.77. The maximum Gasteiger partial charge on any atom is 0.199 e. The highest BCUT2D eigenvalue weighted by atomic mass is 16.5. The highest BCUT2D eigenvalue weighted by Crippen LogP contribution is 2.30. The van der Waals surface area contributed by atoms with Crippen molar-refractivity contribution in [3.63, 3.8) is 0 Å². The second-order valence-electron chi connectivity index (χ2n) is 6.38. The van der Waals surface area contributed by atoms with Crippen LogP contribution in [0.5, 0.6) is 5.75 Å². The number of ether oxygens (including phenoxy) is 1. The Kier molecular flexibility index (Phi) is 3.91. The minimum absolute atomic E-state index is 0.513. The van der Waals surface area contributed by atoms with Gasteiger partial charge in [-0.3, -0.25) is 0 Å². The Morgan fingerprint density at radius 2 is 1.11 bits per heavy atom. The fourth-order valence-electron chi connectivity index (χ4n) is 3.20. The summed E-state index contributed by atoms with van der Waals surface area (Å²) in [6.07, 6.45) is 0. The first-order valence-corrected chi connectivity index (χ1v) is 8.96. The quantitative estimate of drug-likeness (QED) is 0.426. The topological polar surface area (TPSA) is 60.8 Å². The Bertz CT molecular complexity index is 1290. The zero-order chi connectivity index (χ0) is 18.9. The number of fused-ring (bicyclic) bond motifs is 2. The third-order valence-electron chi connectivity index (χ3n) is 4.59. The van der Waals surface area contributed by atoms with Gasteiger partial charge in [0.05, 0.1) is 29.5 Å². The third-order valence-corrected chi connectivity index (χ3v) is 4.59. The molecule has 134 valence electrons. The zero-order valence-corrected chi connectivity index (χ0v) is 15.2. The van der Waals surface area contributed by atoms with Gasteiger partial charge in [-0.1, -0.05) is 60.7 Å². The van der Waals surface area contributed by atoms with Crippen molar-refractivity contribution in [3.8, 4) is 28.3 Å². The van der Waals surface area contributed by atoms with Crippen LogP contribution in [0.3, 0.4) is 0 Å². The van der Waals surface area contributed by atoms with E-state index in [-0.39, 0.29) is 0 Å². The number of nitrogens with zero attached hydrogens (tertiary/aromatic N) is 4. The lowest BCUT2D eigenvalue weighted by atomic mass is 10.0. The molecule has 28 heavy (non-hydrogen) atoms. The van der Waals surface area contributed by atoms with Crippen LogP contribution in [0.25, 0.3) is 44.8 Å². The molecule has 5 aromatic rings. The van der Waals surface area contributed by atoms with E-state index in [1.165, 1.54) is 0 Å². The first-order chi connectivity index (χ1) is 13.8. The molecular weight excluding hydrogens is 348 g/mol. The molecule has 0 radical (unpaired) electrons. The van der Waals surface area contributed by atoms with Gasteiger partial charge in [0.1, 0.15) is 5.75 Å². The van der Waals surface area contributed by atoms with Crippen molar-refractivity contribution < 1.29 is 4.74 Å². The van der Waals surface area contributed by atoms with Crippen LogP contribution < -0.4 is 4.74 Å². The second kappa shape index (κ2) is 6.70. The van der Waals surface area contributed by atoms with Gasteiger partial charge < -0.3 is 4.74 Å². The number of hydrogen-bond acceptors (Lipinski definition) is 5. The number of aromatic nitrogens is 4. The summed E-state index contributed by atoms with van der Waals surface area (Å²) in [7, 11) is 1.63. The lowest BCUT2D eigenvalue weighted by Crippen LogP contribution is -1.99. The van der Waals surface area contributed by atoms with E-state index in [1.807, 2.05) is 78.9 Å². The summed E-state index contributed by atoms with van der Waals surface area (Å²) >= 11 is 0. The van der Waals surface area contributed by atoms with Crippen molar-refractivity contribution >= 4 is 22.3 Å². The predicted molar refractivity (Wildman–Crippen MR) is 110 cm³/mol. The van der Waals surface area contributed by atoms with Crippen molar-refractivity contribution in [1.29, 1.82) is 0 Å². The van der Waals surface area contributed by atoms with Crippen LogP contribution in [0.2, 0.25) is 0 Å². The van der Waals surface area contributed by atoms with Crippen LogP contribution in [0.4, 0.5) is 0 Å². The summed E-state index contributed by atoms with van der Waals surface area (Å²) in [5, 5.41) is 0. The molecule has 5 nitrogen and oxygen atoms in total. The molecule has 0 saturated carbocycles. The fraction of sp³-hybridized carbons (Fsp3) is 0.0435. The molecule has 0 aliphatic rings. The van der Waals surface area contributed by atoms with E-state index in [1.54, 1.807) is 7.11 Å². The van der Waals surface area contributed by atoms with Crippen molar-refractivity contribution in [2.75, 3.05) is 7.11 Å². The van der Waals surface area contributed by atoms with Crippen LogP contribution in [0, 0.1) is 0 Å². The molecule has 0 atom stereocenters. The van der Waals surface area contributed by atoms with Crippen molar-refractivity contribution in [1.82, 2.24) is 19.9 Å². The summed E-state index contributed by atoms with van der Waals surface area (Å²) in [5.74, 6) is 0.735. The van der Waals surface area contributed by atoms with E-state index in [2.05, 4.69) is 4.98 Å². The normalized spacial score (nSPS) is 11.0. The summed E-state index contributed by atoms with van der Waals surface area (Å²) in [6.45, 7) is 0. The van der Waals surface area contributed by atoms with Crippen LogP contribution in [-0.4, -0.2) is 27.0 Å². The Balaban J connectivity index is 1.82. The van der Waals surface area contributed by atoms with Gasteiger partial charge in [0.2, 0.25) is 0 Å². The van der Waals surface area contributed by atoms with Crippen LogP contribution in [0.15, 0.2) is 78.9 Å². The van der Waals surface area contributed by atoms with E-state index >= 15 is 0 Å². The first kappa shape index (κ1) is 16.3. The molecule has 5 rings (SSSR count). The fourth-order valence-corrected chi connectivity index (χ4v) is 3.20. The number of benzene rings is 3. The van der Waals surface area contributed by atoms with E-state index in [0.29, 0.717) is 11.3 Å². The van der Waals surface area contributed by atoms with Crippen molar-refractivity contribution in [2.24, 2.45) is 0 Å². The minimum Gasteiger partial charge on any atom is -0.497 e. The Morgan fingerprint density at radius 1 is 0.571 bits per heavy atom. The Hall–Kier alpha value is -3.86. The van der Waals surface area contributed by atoms with Gasteiger partial charge >= 0.3 is 0 Å². The van der Waals surface area contributed by atoms with Gasteiger partial charge in [-0.2, -0.15) is 0 Å². The lowest BCUT2D eigenvalue weighted by Gasteiger charge is -2.10. The highest BCUT2D eigenvalue weighted by Gasteiger charge is 2.15. The van der Waals surface area contributed by atoms with E-state index in [9.17, 15) is 0 Å². The number of methoxy groups -OCH3 is 1. The molecule has 0 fully saturated rings. The molecule has 3 aromatic carbocycles. The molecule has 0 saturated heterocycles. The summed E-state index contributed by atoms with van der Waals surface area (Å²) < 4.78 is 5.30. The lowest BCUT2D eigenvalue weighted by molar-refractivity contribution is 0.415. The third kappa shape index (κ3) is 2.83. The van der Waals surface area contributed by atoms with E-state index in [0.717, 1.165) is 39.3 Å². The smallest absolute Gasteiger partial charge is 0.199 e. The van der Waals surface area contributed by atoms with Gasteiger partial charge in [0.25, 0.3) is 0 Å². The van der Waals surface area contributed by atoms with Crippen LogP contribution in [-0.2, 0) is 0 Å². The Labute approximate surface area is 161 Å². The molecule has 0 unspecified atom stereocenters. The largest absolute Gasteiger partial charge is 0.497 e. The molecule has 0 aliphatic carbocycles. The van der Waals surface area contributed by atoms with E-state index in [4.69, 9.17) is 19.7 Å². The monoisotopic (exact) mass is 364 g/mol. The summed E-state index contributed by atoms with van der Waals surface area (Å²) in [4.78, 5) is 19.1. The van der Waals surface area contributed by atoms with Crippen LogP contribution >= 0.6 is 0 Å². The number of rotatable bonds is 3. The summed E-state index contributed by atoms with van der Waals surface area (Å²) in [5.41, 5.74) is 6.09. The molecule has 0 spiro atoms. The number of hydrogen-bond donors (Lipinski definition) is 0. The summed E-state index contributed by atoms with van der Waals surface area (Å²) in [6, 6.07) is 25.7. The average molecular weight is 364 g/mol. The van der Waals surface area contributed by atoms with Gasteiger partial charge in [0, 0.05) is 17.2 Å². The van der Waals surface area contributed by atoms with E-state index < -0.39 is 0 Å². The maximum atomic E-state index is 5.30. The SMILES string of the molecule is COc1ccc2nc3nc(-c4ccccc4)c(-c4ccccc4)nc3nc2c1. The molecule has 2 heterocycles. The Morgan fingerprint density at radius 3 is 1.64 bits per heavy atom. The first-order valence-electron chi connectivity index (χ1n) is 8.96. The highest BCUT2D eigenvalue weighted by molar-refractivity contribution is 5.88. The van der Waals surface area contributed by atoms with Gasteiger partial charge in [0.15, 0.2) is 11.3 Å². The molecular formula is C23H16N4O. The van der Waals surface area contributed by atoms with Crippen molar-refractivity contribution in [2.45, 2.75) is 0 Å². The van der Waals surface area contributed by atoms with Crippen molar-refractivity contribution in [3.05, 3.63) is 78.9 Å². The standard InChI is InChI=1S/C23H16N4O/c1-28-17-12-13-18-19(14-17)25-23-22(24-18)26-20(15-8-4-2-5-9-15)21(27-23)16-10-6-3-7-11-16/h2-14H,1H3. The molecule has 2 aromatic heterocycles. The van der Waals surface area contributed by atoms with Gasteiger partial charge in [-0.05, 0) is 12.1 Å². The molecule has 5 heteroatoms. The molecule has 0 N–H and O–H groups in total.